The maximum atomic E-state index is 13.5. The first-order chi connectivity index (χ1) is 19.8. The number of sulfonamides is 1. The quantitative estimate of drug-likeness (QED) is 0.351. The van der Waals surface area contributed by atoms with E-state index in [-0.39, 0.29) is 16.5 Å². The number of piperazine rings is 1. The number of hydrogen-bond acceptors (Lipinski definition) is 8. The van der Waals surface area contributed by atoms with Gasteiger partial charge in [0.25, 0.3) is 15.9 Å². The zero-order valence-corrected chi connectivity index (χ0v) is 23.6. The molecule has 1 aromatic heterocycles. The van der Waals surface area contributed by atoms with E-state index >= 15 is 0 Å². The molecule has 4 rings (SSSR count). The molecular weight excluding hydrogens is 579 g/mol. The van der Waals surface area contributed by atoms with E-state index in [1.807, 2.05) is 35.2 Å². The van der Waals surface area contributed by atoms with Gasteiger partial charge in [-0.2, -0.15) is 13.2 Å². The number of nitrogens with one attached hydrogen (secondary N) is 2. The molecule has 15 heteroatoms. The lowest BCUT2D eigenvalue weighted by atomic mass is 10.1. The summed E-state index contributed by atoms with van der Waals surface area (Å²) in [5.41, 5.74) is 1.56. The van der Waals surface area contributed by atoms with Crippen molar-refractivity contribution in [2.45, 2.75) is 17.6 Å². The van der Waals surface area contributed by atoms with Gasteiger partial charge in [-0.3, -0.25) is 9.52 Å². The molecule has 1 aliphatic heterocycles. The molecule has 2 aromatic carbocycles. The number of aromatic nitrogens is 1. The molecule has 1 amide bonds. The summed E-state index contributed by atoms with van der Waals surface area (Å²) in [6.45, 7) is 3.38. The summed E-state index contributed by atoms with van der Waals surface area (Å²) in [6, 6.07) is 17.3. The Kier molecular flexibility index (Phi) is 10.7. The number of nitrogens with zero attached hydrogens (tertiary/aromatic N) is 3. The minimum atomic E-state index is -5.08. The van der Waals surface area contributed by atoms with Gasteiger partial charge in [0.2, 0.25) is 0 Å². The molecule has 1 fully saturated rings. The van der Waals surface area contributed by atoms with Gasteiger partial charge in [0.15, 0.2) is 0 Å². The van der Waals surface area contributed by atoms with Gasteiger partial charge in [0.05, 0.1) is 29.5 Å². The molecule has 0 radical (unpaired) electrons. The number of aliphatic carboxylic acids is 1. The smallest absolute Gasteiger partial charge is 0.490 e. The molecule has 0 atom stereocenters. The molecule has 0 bridgehead atoms. The highest BCUT2D eigenvalue weighted by molar-refractivity contribution is 7.92. The summed E-state index contributed by atoms with van der Waals surface area (Å²) in [7, 11) is -0.639. The molecule has 3 N–H and O–H groups in total. The van der Waals surface area contributed by atoms with E-state index in [0.717, 1.165) is 18.7 Å². The van der Waals surface area contributed by atoms with Gasteiger partial charge in [-0.25, -0.2) is 18.2 Å². The number of alkyl halides is 3. The first-order valence-electron chi connectivity index (χ1n) is 12.5. The number of anilines is 2. The number of ether oxygens (including phenoxy) is 1. The van der Waals surface area contributed by atoms with Crippen LogP contribution in [0.4, 0.5) is 24.7 Å². The minimum Gasteiger partial charge on any atom is -0.497 e. The number of methoxy groups -OCH3 is 1. The molecule has 226 valence electrons. The second kappa shape index (κ2) is 14.0. The Morgan fingerprint density at radius 3 is 2.24 bits per heavy atom. The lowest BCUT2D eigenvalue weighted by molar-refractivity contribution is -0.192. The molecule has 42 heavy (non-hydrogen) atoms. The fourth-order valence-electron chi connectivity index (χ4n) is 3.90. The van der Waals surface area contributed by atoms with Crippen LogP contribution < -0.4 is 19.7 Å². The molecule has 1 saturated heterocycles. The standard InChI is InChI=1S/C25H29N5O4S.C2HF3O2/c1-29(18-19-6-4-3-5-7-19)25(31)23-16-20(17-27-24(23)30-14-12-26-13-15-30)28-35(32,33)22-10-8-21(34-2)9-11-22;3-2(4,5)1(6)7/h3-11,16-17,26,28H,12-15,18H2,1-2H3;(H,6,7). The third kappa shape index (κ3) is 8.81. The molecule has 11 nitrogen and oxygen atoms in total. The highest BCUT2D eigenvalue weighted by Gasteiger charge is 2.38. The molecule has 1 aliphatic rings. The zero-order chi connectivity index (χ0) is 30.9. The molecule has 0 saturated carbocycles. The first kappa shape index (κ1) is 32.1. The Hall–Kier alpha value is -4.37. The van der Waals surface area contributed by atoms with E-state index in [1.165, 1.54) is 25.4 Å². The number of hydrogen-bond donors (Lipinski definition) is 3. The third-order valence-electron chi connectivity index (χ3n) is 5.99. The Labute approximate surface area is 241 Å². The average molecular weight is 610 g/mol. The molecule has 0 spiro atoms. The van der Waals surface area contributed by atoms with Crippen LogP contribution in [0.5, 0.6) is 5.75 Å². The van der Waals surface area contributed by atoms with Crippen LogP contribution in [0.25, 0.3) is 0 Å². The topological polar surface area (TPSA) is 141 Å². The second-order valence-corrected chi connectivity index (χ2v) is 10.7. The van der Waals surface area contributed by atoms with Crippen LogP contribution >= 0.6 is 0 Å². The van der Waals surface area contributed by atoms with Gasteiger partial charge in [-0.15, -0.1) is 0 Å². The van der Waals surface area contributed by atoms with Crippen molar-refractivity contribution in [2.24, 2.45) is 0 Å². The van der Waals surface area contributed by atoms with Crippen molar-refractivity contribution >= 4 is 33.4 Å². The van der Waals surface area contributed by atoms with E-state index < -0.39 is 22.2 Å². The van der Waals surface area contributed by atoms with Crippen LogP contribution in [-0.4, -0.2) is 81.8 Å². The predicted molar refractivity (Wildman–Crippen MR) is 149 cm³/mol. The number of pyridine rings is 1. The van der Waals surface area contributed by atoms with Crippen molar-refractivity contribution < 1.29 is 41.0 Å². The Morgan fingerprint density at radius 1 is 1.10 bits per heavy atom. The number of halogens is 3. The Morgan fingerprint density at radius 2 is 1.69 bits per heavy atom. The van der Waals surface area contributed by atoms with Crippen LogP contribution in [0, 0.1) is 0 Å². The van der Waals surface area contributed by atoms with Crippen LogP contribution in [0.3, 0.4) is 0 Å². The van der Waals surface area contributed by atoms with Gasteiger partial charge < -0.3 is 25.0 Å². The van der Waals surface area contributed by atoms with E-state index in [4.69, 9.17) is 14.6 Å². The van der Waals surface area contributed by atoms with Crippen LogP contribution in [0.1, 0.15) is 15.9 Å². The highest BCUT2D eigenvalue weighted by atomic mass is 32.2. The van der Waals surface area contributed by atoms with Crippen LogP contribution in [-0.2, 0) is 21.4 Å². The van der Waals surface area contributed by atoms with Crippen molar-refractivity contribution in [1.29, 1.82) is 0 Å². The minimum absolute atomic E-state index is 0.0820. The number of carbonyl (C=O) groups excluding carboxylic acids is 1. The van der Waals surface area contributed by atoms with Gasteiger partial charge in [-0.05, 0) is 35.9 Å². The van der Waals surface area contributed by atoms with Crippen molar-refractivity contribution in [3.05, 3.63) is 78.0 Å². The van der Waals surface area contributed by atoms with Gasteiger partial charge in [0.1, 0.15) is 11.6 Å². The number of rotatable bonds is 8. The van der Waals surface area contributed by atoms with E-state index in [2.05, 4.69) is 15.0 Å². The average Bonchev–Trinajstić information content (AvgIpc) is 2.97. The summed E-state index contributed by atoms with van der Waals surface area (Å²) in [5.74, 6) is -1.89. The lowest BCUT2D eigenvalue weighted by Gasteiger charge is -2.30. The number of carbonyl (C=O) groups is 2. The number of carboxylic acid groups (broad SMARTS) is 1. The highest BCUT2D eigenvalue weighted by Crippen LogP contribution is 2.26. The SMILES string of the molecule is COc1ccc(S(=O)(=O)Nc2cnc(N3CCNCC3)c(C(=O)N(C)Cc3ccccc3)c2)cc1.O=C(O)C(F)(F)F. The summed E-state index contributed by atoms with van der Waals surface area (Å²) < 4.78 is 65.3. The van der Waals surface area contributed by atoms with Crippen LogP contribution in [0.2, 0.25) is 0 Å². The normalized spacial score (nSPS) is 13.4. The Balaban J connectivity index is 0.000000616. The molecule has 0 aliphatic carbocycles. The second-order valence-electron chi connectivity index (χ2n) is 9.06. The van der Waals surface area contributed by atoms with E-state index in [0.29, 0.717) is 36.8 Å². The van der Waals surface area contributed by atoms with E-state index in [9.17, 15) is 26.4 Å². The van der Waals surface area contributed by atoms with Crippen molar-refractivity contribution in [3.63, 3.8) is 0 Å². The maximum absolute atomic E-state index is 13.5. The first-order valence-corrected chi connectivity index (χ1v) is 14.0. The molecule has 3 aromatic rings. The summed E-state index contributed by atoms with van der Waals surface area (Å²) >= 11 is 0. The van der Waals surface area contributed by atoms with Gasteiger partial charge >= 0.3 is 12.1 Å². The summed E-state index contributed by atoms with van der Waals surface area (Å²) in [6.07, 6.45) is -3.63. The third-order valence-corrected chi connectivity index (χ3v) is 7.38. The number of amides is 1. The maximum Gasteiger partial charge on any atom is 0.490 e. The molecular formula is C27H30F3N5O6S. The fraction of sp³-hybridized carbons (Fsp3) is 0.296. The largest absolute Gasteiger partial charge is 0.497 e. The van der Waals surface area contributed by atoms with Gasteiger partial charge in [0, 0.05) is 39.8 Å². The summed E-state index contributed by atoms with van der Waals surface area (Å²) in [5, 5.41) is 10.4. The van der Waals surface area contributed by atoms with Gasteiger partial charge in [-0.1, -0.05) is 30.3 Å². The monoisotopic (exact) mass is 609 g/mol. The molecule has 2 heterocycles. The van der Waals surface area contributed by atoms with E-state index in [1.54, 1.807) is 30.1 Å². The molecule has 0 unspecified atom stereocenters. The predicted octanol–water partition coefficient (Wildman–Crippen LogP) is 3.21. The zero-order valence-electron chi connectivity index (χ0n) is 22.8. The lowest BCUT2D eigenvalue weighted by Crippen LogP contribution is -2.44. The van der Waals surface area contributed by atoms with Crippen molar-refractivity contribution in [1.82, 2.24) is 15.2 Å². The van der Waals surface area contributed by atoms with Crippen LogP contribution in [0.15, 0.2) is 71.8 Å². The summed E-state index contributed by atoms with van der Waals surface area (Å²) in [4.78, 5) is 30.7. The van der Waals surface area contributed by atoms with Crippen molar-refractivity contribution in [3.8, 4) is 5.75 Å². The number of carboxylic acids is 1. The fourth-order valence-corrected chi connectivity index (χ4v) is 4.94. The Bertz CT molecular complexity index is 1470. The van der Waals surface area contributed by atoms with Crippen molar-refractivity contribution in [2.75, 3.05) is 50.0 Å². The number of benzene rings is 2.